The van der Waals surface area contributed by atoms with Crippen molar-refractivity contribution in [3.05, 3.63) is 6.20 Å². The van der Waals surface area contributed by atoms with E-state index in [0.29, 0.717) is 37.8 Å². The maximum Gasteiger partial charge on any atom is 0.219 e. The minimum absolute atomic E-state index is 0.0304. The molecule has 2 heterocycles. The van der Waals surface area contributed by atoms with Crippen LogP contribution in [0.2, 0.25) is 0 Å². The number of amides is 1. The Hall–Kier alpha value is -1.87. The number of anilines is 1. The number of nitrogens with zero attached hydrogens (tertiary/aromatic N) is 4. The van der Waals surface area contributed by atoms with Gasteiger partial charge in [-0.1, -0.05) is 18.7 Å². The van der Waals surface area contributed by atoms with Gasteiger partial charge in [-0.05, 0) is 6.26 Å². The van der Waals surface area contributed by atoms with Gasteiger partial charge in [0.15, 0.2) is 10.8 Å². The van der Waals surface area contributed by atoms with Gasteiger partial charge in [0.2, 0.25) is 5.91 Å². The maximum absolute atomic E-state index is 11.3. The number of nitrogens with one attached hydrogen (secondary N) is 2. The van der Waals surface area contributed by atoms with E-state index in [9.17, 15) is 4.79 Å². The minimum atomic E-state index is 0.0304. The average Bonchev–Trinajstić information content (AvgIpc) is 2.98. The van der Waals surface area contributed by atoms with Crippen LogP contribution >= 0.6 is 11.8 Å². The number of thioether (sulfide) groups is 1. The standard InChI is InChI=1S/C14H22N6O2S/c1-4-11(21)15-5-7-20-13-10(9-17-20)12(16-6-8-22-2)18-14(19-13)23-3/h9H,4-8H2,1-3H3,(H,15,21)(H,16,18,19). The summed E-state index contributed by atoms with van der Waals surface area (Å²) in [5.74, 6) is 0.781. The van der Waals surface area contributed by atoms with E-state index < -0.39 is 0 Å². The molecule has 0 fully saturated rings. The van der Waals surface area contributed by atoms with Crippen LogP contribution in [-0.2, 0) is 16.1 Å². The number of fused-ring (bicyclic) bond motifs is 1. The van der Waals surface area contributed by atoms with Gasteiger partial charge in [-0.2, -0.15) is 5.10 Å². The summed E-state index contributed by atoms with van der Waals surface area (Å²) in [4.78, 5) is 20.3. The van der Waals surface area contributed by atoms with E-state index in [1.54, 1.807) is 18.0 Å². The third-order valence-corrected chi connectivity index (χ3v) is 3.77. The monoisotopic (exact) mass is 338 g/mol. The van der Waals surface area contributed by atoms with Gasteiger partial charge in [-0.3, -0.25) is 4.79 Å². The lowest BCUT2D eigenvalue weighted by atomic mass is 10.4. The van der Waals surface area contributed by atoms with E-state index in [2.05, 4.69) is 25.7 Å². The van der Waals surface area contributed by atoms with Crippen molar-refractivity contribution in [2.45, 2.75) is 25.0 Å². The molecule has 0 saturated carbocycles. The summed E-state index contributed by atoms with van der Waals surface area (Å²) in [6.07, 6.45) is 4.16. The molecule has 0 aliphatic heterocycles. The molecule has 0 saturated heterocycles. The van der Waals surface area contributed by atoms with E-state index in [1.165, 1.54) is 11.8 Å². The number of carbonyl (C=O) groups is 1. The predicted octanol–water partition coefficient (Wildman–Crippen LogP) is 1.13. The number of aromatic nitrogens is 4. The van der Waals surface area contributed by atoms with Crippen LogP contribution in [-0.4, -0.2) is 58.7 Å². The maximum atomic E-state index is 11.3. The lowest BCUT2D eigenvalue weighted by molar-refractivity contribution is -0.120. The second kappa shape index (κ2) is 8.68. The quantitative estimate of drug-likeness (QED) is 0.402. The first-order valence-electron chi connectivity index (χ1n) is 7.46. The van der Waals surface area contributed by atoms with E-state index in [4.69, 9.17) is 4.74 Å². The summed E-state index contributed by atoms with van der Waals surface area (Å²) in [5.41, 5.74) is 0.759. The zero-order valence-corrected chi connectivity index (χ0v) is 14.4. The Bertz CT molecular complexity index is 660. The molecule has 1 amide bonds. The summed E-state index contributed by atoms with van der Waals surface area (Å²) in [5, 5.41) is 12.0. The van der Waals surface area contributed by atoms with Gasteiger partial charge in [0.1, 0.15) is 5.82 Å². The highest BCUT2D eigenvalue weighted by Gasteiger charge is 2.12. The summed E-state index contributed by atoms with van der Waals surface area (Å²) in [6.45, 7) is 4.17. The van der Waals surface area contributed by atoms with Crippen LogP contribution in [0.3, 0.4) is 0 Å². The molecule has 0 aromatic carbocycles. The van der Waals surface area contributed by atoms with E-state index in [1.807, 2.05) is 13.2 Å². The van der Waals surface area contributed by atoms with Crippen molar-refractivity contribution < 1.29 is 9.53 Å². The second-order valence-corrected chi connectivity index (χ2v) is 5.56. The van der Waals surface area contributed by atoms with Gasteiger partial charge in [0.25, 0.3) is 0 Å². The van der Waals surface area contributed by atoms with Crippen molar-refractivity contribution in [3.63, 3.8) is 0 Å². The Balaban J connectivity index is 2.19. The first kappa shape index (κ1) is 17.5. The van der Waals surface area contributed by atoms with E-state index >= 15 is 0 Å². The molecule has 2 rings (SSSR count). The molecule has 0 aliphatic rings. The van der Waals surface area contributed by atoms with Crippen LogP contribution in [0.4, 0.5) is 5.82 Å². The number of hydrogen-bond donors (Lipinski definition) is 2. The first-order chi connectivity index (χ1) is 11.2. The number of methoxy groups -OCH3 is 1. The zero-order chi connectivity index (χ0) is 16.7. The molecule has 0 radical (unpaired) electrons. The van der Waals surface area contributed by atoms with Crippen molar-refractivity contribution in [1.82, 2.24) is 25.1 Å². The summed E-state index contributed by atoms with van der Waals surface area (Å²) in [6, 6.07) is 0. The molecule has 2 aromatic heterocycles. The Kier molecular flexibility index (Phi) is 6.60. The second-order valence-electron chi connectivity index (χ2n) is 4.79. The molecular formula is C14H22N6O2S. The highest BCUT2D eigenvalue weighted by atomic mass is 32.2. The van der Waals surface area contributed by atoms with Gasteiger partial charge < -0.3 is 15.4 Å². The van der Waals surface area contributed by atoms with E-state index in [-0.39, 0.29) is 5.91 Å². The van der Waals surface area contributed by atoms with Crippen molar-refractivity contribution in [3.8, 4) is 0 Å². The molecule has 2 aromatic rings. The van der Waals surface area contributed by atoms with Gasteiger partial charge >= 0.3 is 0 Å². The molecule has 126 valence electrons. The molecule has 2 N–H and O–H groups in total. The lowest BCUT2D eigenvalue weighted by Crippen LogP contribution is -2.26. The Morgan fingerprint density at radius 2 is 2.22 bits per heavy atom. The molecular weight excluding hydrogens is 316 g/mol. The Labute approximate surface area is 139 Å². The van der Waals surface area contributed by atoms with Crippen LogP contribution in [0.1, 0.15) is 13.3 Å². The van der Waals surface area contributed by atoms with Gasteiger partial charge in [0, 0.05) is 26.6 Å². The van der Waals surface area contributed by atoms with Crippen molar-refractivity contribution >= 4 is 34.5 Å². The first-order valence-corrected chi connectivity index (χ1v) is 8.69. The zero-order valence-electron chi connectivity index (χ0n) is 13.6. The average molecular weight is 338 g/mol. The molecule has 23 heavy (non-hydrogen) atoms. The fourth-order valence-corrected chi connectivity index (χ4v) is 2.38. The molecule has 0 atom stereocenters. The largest absolute Gasteiger partial charge is 0.383 e. The Morgan fingerprint density at radius 1 is 1.39 bits per heavy atom. The number of carbonyl (C=O) groups excluding carboxylic acids is 1. The summed E-state index contributed by atoms with van der Waals surface area (Å²) >= 11 is 1.48. The molecule has 0 aliphatic carbocycles. The third kappa shape index (κ3) is 4.55. The topological polar surface area (TPSA) is 94.0 Å². The minimum Gasteiger partial charge on any atom is -0.383 e. The van der Waals surface area contributed by atoms with Crippen LogP contribution in [0, 0.1) is 0 Å². The van der Waals surface area contributed by atoms with Gasteiger partial charge in [0.05, 0.1) is 24.7 Å². The van der Waals surface area contributed by atoms with Gasteiger partial charge in [-0.15, -0.1) is 0 Å². The highest BCUT2D eigenvalue weighted by Crippen LogP contribution is 2.23. The number of rotatable bonds is 9. The lowest BCUT2D eigenvalue weighted by Gasteiger charge is -2.09. The smallest absolute Gasteiger partial charge is 0.219 e. The van der Waals surface area contributed by atoms with Crippen molar-refractivity contribution in [1.29, 1.82) is 0 Å². The van der Waals surface area contributed by atoms with Crippen molar-refractivity contribution in [2.24, 2.45) is 0 Å². The van der Waals surface area contributed by atoms with Crippen LogP contribution in [0.25, 0.3) is 11.0 Å². The van der Waals surface area contributed by atoms with Crippen LogP contribution in [0.15, 0.2) is 11.4 Å². The third-order valence-electron chi connectivity index (χ3n) is 3.22. The van der Waals surface area contributed by atoms with Gasteiger partial charge in [-0.25, -0.2) is 14.6 Å². The SMILES string of the molecule is CCC(=O)NCCn1ncc2c(NCCOC)nc(SC)nc21. The van der Waals surface area contributed by atoms with E-state index in [0.717, 1.165) is 16.9 Å². The van der Waals surface area contributed by atoms with Crippen LogP contribution < -0.4 is 10.6 Å². The van der Waals surface area contributed by atoms with Crippen LogP contribution in [0.5, 0.6) is 0 Å². The fraction of sp³-hybridized carbons (Fsp3) is 0.571. The predicted molar refractivity (Wildman–Crippen MR) is 90.8 cm³/mol. The molecule has 0 spiro atoms. The summed E-state index contributed by atoms with van der Waals surface area (Å²) in [7, 11) is 1.66. The molecule has 0 bridgehead atoms. The summed E-state index contributed by atoms with van der Waals surface area (Å²) < 4.78 is 6.84. The molecule has 9 heteroatoms. The number of hydrogen-bond acceptors (Lipinski definition) is 7. The molecule has 8 nitrogen and oxygen atoms in total. The fourth-order valence-electron chi connectivity index (χ4n) is 2.02. The Morgan fingerprint density at radius 3 is 2.91 bits per heavy atom. The normalized spacial score (nSPS) is 10.9. The number of ether oxygens (including phenoxy) is 1. The molecule has 0 unspecified atom stereocenters. The van der Waals surface area contributed by atoms with Crippen molar-refractivity contribution in [2.75, 3.05) is 38.4 Å². The highest BCUT2D eigenvalue weighted by molar-refractivity contribution is 7.98.